The van der Waals surface area contributed by atoms with Crippen LogP contribution in [-0.4, -0.2) is 42.6 Å². The molecule has 0 aromatic heterocycles. The second-order valence-electron chi connectivity index (χ2n) is 6.99. The molecule has 6 nitrogen and oxygen atoms in total. The first-order chi connectivity index (χ1) is 14.1. The lowest BCUT2D eigenvalue weighted by molar-refractivity contribution is 0.0953. The molecule has 0 aliphatic carbocycles. The zero-order chi connectivity index (χ0) is 20.9. The molecule has 0 bridgehead atoms. The molecule has 0 fully saturated rings. The maximum atomic E-state index is 12.0. The summed E-state index contributed by atoms with van der Waals surface area (Å²) in [6.45, 7) is 6.14. The molecule has 1 unspecified atom stereocenters. The van der Waals surface area contributed by atoms with E-state index in [1.54, 1.807) is 18.2 Å². The fourth-order valence-corrected chi connectivity index (χ4v) is 2.87. The molecule has 2 rings (SSSR count). The summed E-state index contributed by atoms with van der Waals surface area (Å²) in [6.07, 6.45) is 2.78. The van der Waals surface area contributed by atoms with Gasteiger partial charge in [0.15, 0.2) is 5.96 Å². The maximum absolute atomic E-state index is 12.0. The van der Waals surface area contributed by atoms with E-state index < -0.39 is 0 Å². The van der Waals surface area contributed by atoms with E-state index in [1.807, 2.05) is 13.0 Å². The van der Waals surface area contributed by atoms with Crippen LogP contribution in [-0.2, 0) is 6.42 Å². The second-order valence-corrected chi connectivity index (χ2v) is 6.99. The van der Waals surface area contributed by atoms with Crippen LogP contribution in [0, 0.1) is 0 Å². The number of amides is 1. The first kappa shape index (κ1) is 25.7. The summed E-state index contributed by atoms with van der Waals surface area (Å²) in [6, 6.07) is 17.1. The van der Waals surface area contributed by atoms with E-state index in [-0.39, 0.29) is 35.6 Å². The van der Waals surface area contributed by atoms with Gasteiger partial charge < -0.3 is 21.1 Å². The predicted molar refractivity (Wildman–Crippen MR) is 134 cm³/mol. The molecule has 7 heteroatoms. The van der Waals surface area contributed by atoms with E-state index in [0.717, 1.165) is 31.8 Å². The minimum absolute atomic E-state index is 0. The van der Waals surface area contributed by atoms with Crippen molar-refractivity contribution in [1.82, 2.24) is 16.0 Å². The van der Waals surface area contributed by atoms with Crippen molar-refractivity contribution in [2.75, 3.05) is 19.6 Å². The van der Waals surface area contributed by atoms with Gasteiger partial charge in [-0.15, -0.1) is 24.0 Å². The van der Waals surface area contributed by atoms with Crippen molar-refractivity contribution in [2.24, 2.45) is 4.99 Å². The third-order valence-electron chi connectivity index (χ3n) is 4.43. The van der Waals surface area contributed by atoms with Crippen molar-refractivity contribution in [1.29, 1.82) is 0 Å². The van der Waals surface area contributed by atoms with Crippen molar-refractivity contribution < 1.29 is 9.90 Å². The lowest BCUT2D eigenvalue weighted by Gasteiger charge is -2.18. The van der Waals surface area contributed by atoms with Crippen molar-refractivity contribution in [2.45, 2.75) is 39.2 Å². The Hall–Kier alpha value is -2.29. The van der Waals surface area contributed by atoms with Crippen molar-refractivity contribution in [3.63, 3.8) is 0 Å². The van der Waals surface area contributed by atoms with Crippen LogP contribution in [0.3, 0.4) is 0 Å². The lowest BCUT2D eigenvalue weighted by atomic mass is 10.1. The molecule has 0 heterocycles. The number of aromatic hydroxyl groups is 1. The monoisotopic (exact) mass is 524 g/mol. The Kier molecular flexibility index (Phi) is 12.6. The molecule has 0 aliphatic rings. The number of hydrogen-bond donors (Lipinski definition) is 4. The van der Waals surface area contributed by atoms with Crippen molar-refractivity contribution in [3.05, 3.63) is 65.7 Å². The van der Waals surface area contributed by atoms with Gasteiger partial charge in [0.2, 0.25) is 0 Å². The van der Waals surface area contributed by atoms with Gasteiger partial charge in [-0.25, -0.2) is 0 Å². The summed E-state index contributed by atoms with van der Waals surface area (Å²) in [7, 11) is 0. The van der Waals surface area contributed by atoms with Gasteiger partial charge in [0, 0.05) is 31.2 Å². The number of benzene rings is 2. The average Bonchev–Trinajstić information content (AvgIpc) is 2.72. The van der Waals surface area contributed by atoms with Crippen LogP contribution in [0.1, 0.15) is 42.6 Å². The number of phenols is 1. The van der Waals surface area contributed by atoms with E-state index >= 15 is 0 Å². The van der Waals surface area contributed by atoms with Crippen LogP contribution in [0.2, 0.25) is 0 Å². The van der Waals surface area contributed by atoms with Gasteiger partial charge in [0.25, 0.3) is 5.91 Å². The Morgan fingerprint density at radius 1 is 1.10 bits per heavy atom. The van der Waals surface area contributed by atoms with Gasteiger partial charge in [-0.3, -0.25) is 9.79 Å². The molecular formula is C23H33IN4O2. The quantitative estimate of drug-likeness (QED) is 0.165. The number of carbonyl (C=O) groups excluding carboxylic acids is 1. The zero-order valence-corrected chi connectivity index (χ0v) is 20.1. The van der Waals surface area contributed by atoms with Gasteiger partial charge in [-0.1, -0.05) is 36.4 Å². The highest BCUT2D eigenvalue weighted by Gasteiger charge is 2.07. The highest BCUT2D eigenvalue weighted by Crippen LogP contribution is 2.10. The van der Waals surface area contributed by atoms with Crippen LogP contribution in [0.15, 0.2) is 59.6 Å². The Morgan fingerprint density at radius 2 is 1.87 bits per heavy atom. The van der Waals surface area contributed by atoms with Crippen LogP contribution < -0.4 is 16.0 Å². The number of guanidine groups is 1. The molecule has 0 radical (unpaired) electrons. The number of aryl methyl sites for hydroxylation is 1. The third kappa shape index (κ3) is 9.96. The Labute approximate surface area is 196 Å². The normalized spacial score (nSPS) is 11.9. The van der Waals surface area contributed by atoms with E-state index in [9.17, 15) is 9.90 Å². The molecule has 2 aromatic rings. The molecule has 0 spiro atoms. The molecule has 164 valence electrons. The van der Waals surface area contributed by atoms with Crippen LogP contribution in [0.5, 0.6) is 5.75 Å². The fourth-order valence-electron chi connectivity index (χ4n) is 2.87. The largest absolute Gasteiger partial charge is 0.508 e. The number of phenolic OH excluding ortho intramolecular Hbond substituents is 1. The lowest BCUT2D eigenvalue weighted by Crippen LogP contribution is -2.42. The summed E-state index contributed by atoms with van der Waals surface area (Å²) >= 11 is 0. The van der Waals surface area contributed by atoms with E-state index in [2.05, 4.69) is 52.1 Å². The van der Waals surface area contributed by atoms with Gasteiger partial charge in [-0.2, -0.15) is 0 Å². The highest BCUT2D eigenvalue weighted by atomic mass is 127. The zero-order valence-electron chi connectivity index (χ0n) is 17.7. The van der Waals surface area contributed by atoms with Crippen LogP contribution in [0.4, 0.5) is 0 Å². The standard InChI is InChI=1S/C23H32N4O2.HI/c1-3-24-23(27-18(2)13-14-19-9-5-4-6-10-19)26-16-8-15-25-22(29)20-11-7-12-21(28)17-20;/h4-7,9-12,17-18,28H,3,8,13-16H2,1-2H3,(H,25,29)(H2,24,26,27);1H. The molecule has 1 atom stereocenters. The van der Waals surface area contributed by atoms with Crippen LogP contribution in [0.25, 0.3) is 0 Å². The Balaban J connectivity index is 0.00000450. The number of rotatable bonds is 10. The number of carbonyl (C=O) groups is 1. The van der Waals surface area contributed by atoms with Gasteiger partial charge in [0.1, 0.15) is 5.75 Å². The summed E-state index contributed by atoms with van der Waals surface area (Å²) in [5, 5.41) is 19.0. The number of nitrogens with zero attached hydrogens (tertiary/aromatic N) is 1. The number of aliphatic imine (C=N–C) groups is 1. The fraction of sp³-hybridized carbons (Fsp3) is 0.391. The molecule has 0 saturated carbocycles. The van der Waals surface area contributed by atoms with Crippen LogP contribution >= 0.6 is 24.0 Å². The third-order valence-corrected chi connectivity index (χ3v) is 4.43. The first-order valence-corrected chi connectivity index (χ1v) is 10.2. The van der Waals surface area contributed by atoms with Crippen molar-refractivity contribution >= 4 is 35.8 Å². The van der Waals surface area contributed by atoms with E-state index in [4.69, 9.17) is 0 Å². The maximum Gasteiger partial charge on any atom is 0.251 e. The van der Waals surface area contributed by atoms with Gasteiger partial charge in [0.05, 0.1) is 0 Å². The number of hydrogen-bond acceptors (Lipinski definition) is 3. The Morgan fingerprint density at radius 3 is 2.57 bits per heavy atom. The minimum Gasteiger partial charge on any atom is -0.508 e. The smallest absolute Gasteiger partial charge is 0.251 e. The molecular weight excluding hydrogens is 491 g/mol. The predicted octanol–water partition coefficient (Wildman–Crippen LogP) is 3.71. The van der Waals surface area contributed by atoms with Gasteiger partial charge in [-0.05, 0) is 56.9 Å². The summed E-state index contributed by atoms with van der Waals surface area (Å²) in [5.74, 6) is 0.696. The molecule has 4 N–H and O–H groups in total. The molecule has 2 aromatic carbocycles. The number of nitrogens with one attached hydrogen (secondary N) is 3. The SMILES string of the molecule is CCNC(=NCCCNC(=O)c1cccc(O)c1)NC(C)CCc1ccccc1.I. The average molecular weight is 524 g/mol. The first-order valence-electron chi connectivity index (χ1n) is 10.2. The van der Waals surface area contributed by atoms with E-state index in [0.29, 0.717) is 24.7 Å². The number of halogens is 1. The highest BCUT2D eigenvalue weighted by molar-refractivity contribution is 14.0. The van der Waals surface area contributed by atoms with E-state index in [1.165, 1.54) is 11.6 Å². The Bertz CT molecular complexity index is 784. The molecule has 0 aliphatic heterocycles. The summed E-state index contributed by atoms with van der Waals surface area (Å²) < 4.78 is 0. The molecule has 0 saturated heterocycles. The molecule has 30 heavy (non-hydrogen) atoms. The minimum atomic E-state index is -0.190. The summed E-state index contributed by atoms with van der Waals surface area (Å²) in [4.78, 5) is 16.6. The van der Waals surface area contributed by atoms with Crippen molar-refractivity contribution in [3.8, 4) is 5.75 Å². The molecule has 1 amide bonds. The topological polar surface area (TPSA) is 85.8 Å². The summed E-state index contributed by atoms with van der Waals surface area (Å²) in [5.41, 5.74) is 1.79. The van der Waals surface area contributed by atoms with Gasteiger partial charge >= 0.3 is 0 Å². The second kappa shape index (κ2) is 14.7.